The van der Waals surface area contributed by atoms with Crippen molar-refractivity contribution in [1.29, 1.82) is 0 Å². The van der Waals surface area contributed by atoms with Crippen molar-refractivity contribution in [3.63, 3.8) is 0 Å². The first-order valence-electron chi connectivity index (χ1n) is 6.74. The number of benzene rings is 1. The molecule has 1 aromatic carbocycles. The van der Waals surface area contributed by atoms with Crippen LogP contribution in [0, 0.1) is 10.1 Å². The molecule has 0 aliphatic carbocycles. The Kier molecular flexibility index (Phi) is 4.57. The Morgan fingerprint density at radius 2 is 2.08 bits per heavy atom. The number of aromatic nitrogens is 3. The average Bonchev–Trinajstić information content (AvgIpc) is 3.26. The summed E-state index contributed by atoms with van der Waals surface area (Å²) >= 11 is 1.51. The molecule has 0 aliphatic heterocycles. The minimum Gasteiger partial charge on any atom is -0.395 e. The number of hydrogen-bond acceptors (Lipinski definition) is 7. The largest absolute Gasteiger partial charge is 0.433 e. The molecule has 0 spiro atoms. The standard InChI is InChI=1S/C14H11N5O4S/c20-13(11-5-6-12(23-11)19(21)22)17-10-3-1-9(2-4-10)7-24-14-15-8-16-18-14/h1-6,8H,7H2,(H,17,20)(H,15,16,18). The van der Waals surface area contributed by atoms with E-state index >= 15 is 0 Å². The molecule has 3 rings (SSSR count). The van der Waals surface area contributed by atoms with Gasteiger partial charge in [0, 0.05) is 11.4 Å². The molecule has 0 radical (unpaired) electrons. The van der Waals surface area contributed by atoms with Gasteiger partial charge in [0.2, 0.25) is 0 Å². The van der Waals surface area contributed by atoms with Crippen molar-refractivity contribution in [3.8, 4) is 0 Å². The van der Waals surface area contributed by atoms with Gasteiger partial charge in [-0.05, 0) is 23.8 Å². The number of thioether (sulfide) groups is 1. The summed E-state index contributed by atoms with van der Waals surface area (Å²) in [4.78, 5) is 25.8. The molecule has 122 valence electrons. The molecule has 0 bridgehead atoms. The Hall–Kier alpha value is -3.14. The van der Waals surface area contributed by atoms with Gasteiger partial charge >= 0.3 is 5.88 Å². The van der Waals surface area contributed by atoms with Gasteiger partial charge in [-0.15, -0.1) is 0 Å². The van der Waals surface area contributed by atoms with Gasteiger partial charge < -0.3 is 9.73 Å². The number of H-pyrrole nitrogens is 1. The predicted octanol–water partition coefficient (Wildman–Crippen LogP) is 2.85. The maximum atomic E-state index is 12.0. The van der Waals surface area contributed by atoms with E-state index < -0.39 is 16.7 Å². The van der Waals surface area contributed by atoms with Crippen LogP contribution in [0.15, 0.2) is 52.3 Å². The van der Waals surface area contributed by atoms with E-state index in [0.29, 0.717) is 11.4 Å². The highest BCUT2D eigenvalue weighted by Gasteiger charge is 2.17. The lowest BCUT2D eigenvalue weighted by molar-refractivity contribution is -0.402. The number of nitrogens with zero attached hydrogens (tertiary/aromatic N) is 3. The van der Waals surface area contributed by atoms with E-state index in [9.17, 15) is 14.9 Å². The molecular formula is C14H11N5O4S. The van der Waals surface area contributed by atoms with E-state index in [1.54, 1.807) is 12.1 Å². The molecule has 2 aromatic heterocycles. The lowest BCUT2D eigenvalue weighted by atomic mass is 10.2. The van der Waals surface area contributed by atoms with Crippen molar-refractivity contribution in [2.45, 2.75) is 10.9 Å². The summed E-state index contributed by atoms with van der Waals surface area (Å²) in [6.07, 6.45) is 1.44. The quantitative estimate of drug-likeness (QED) is 0.399. The maximum Gasteiger partial charge on any atom is 0.433 e. The number of carbonyl (C=O) groups excluding carboxylic acids is 1. The number of carbonyl (C=O) groups is 1. The molecule has 10 heteroatoms. The molecular weight excluding hydrogens is 334 g/mol. The van der Waals surface area contributed by atoms with Crippen molar-refractivity contribution in [2.24, 2.45) is 0 Å². The van der Waals surface area contributed by atoms with E-state index in [-0.39, 0.29) is 5.76 Å². The second-order valence-corrected chi connectivity index (χ2v) is 5.59. The summed E-state index contributed by atoms with van der Waals surface area (Å²) in [6.45, 7) is 0. The fourth-order valence-corrected chi connectivity index (χ4v) is 2.58. The fraction of sp³-hybridized carbons (Fsp3) is 0.0714. The molecule has 0 fully saturated rings. The molecule has 0 unspecified atom stereocenters. The van der Waals surface area contributed by atoms with Crippen LogP contribution >= 0.6 is 11.8 Å². The highest BCUT2D eigenvalue weighted by atomic mass is 32.2. The van der Waals surface area contributed by atoms with E-state index in [2.05, 4.69) is 20.5 Å². The van der Waals surface area contributed by atoms with E-state index in [1.807, 2.05) is 12.1 Å². The van der Waals surface area contributed by atoms with Crippen molar-refractivity contribution in [2.75, 3.05) is 5.32 Å². The molecule has 0 saturated heterocycles. The zero-order chi connectivity index (χ0) is 16.9. The Labute approximate surface area is 139 Å². The van der Waals surface area contributed by atoms with Gasteiger partial charge in [-0.2, -0.15) is 5.10 Å². The van der Waals surface area contributed by atoms with E-state index in [0.717, 1.165) is 16.8 Å². The molecule has 24 heavy (non-hydrogen) atoms. The number of hydrogen-bond donors (Lipinski definition) is 2. The lowest BCUT2D eigenvalue weighted by Gasteiger charge is -2.04. The first-order valence-corrected chi connectivity index (χ1v) is 7.73. The van der Waals surface area contributed by atoms with Crippen molar-refractivity contribution in [1.82, 2.24) is 15.2 Å². The maximum absolute atomic E-state index is 12.0. The van der Waals surface area contributed by atoms with E-state index in [1.165, 1.54) is 24.2 Å². The minimum absolute atomic E-state index is 0.119. The summed E-state index contributed by atoms with van der Waals surface area (Å²) in [7, 11) is 0. The summed E-state index contributed by atoms with van der Waals surface area (Å²) in [5.74, 6) is -0.438. The number of amides is 1. The second kappa shape index (κ2) is 6.96. The van der Waals surface area contributed by atoms with Gasteiger partial charge in [-0.1, -0.05) is 23.9 Å². The van der Waals surface area contributed by atoms with Crippen LogP contribution in [0.5, 0.6) is 0 Å². The van der Waals surface area contributed by atoms with Crippen molar-refractivity contribution < 1.29 is 14.1 Å². The molecule has 0 saturated carbocycles. The molecule has 0 atom stereocenters. The Morgan fingerprint density at radius 3 is 2.71 bits per heavy atom. The van der Waals surface area contributed by atoms with Crippen LogP contribution in [-0.4, -0.2) is 26.0 Å². The first kappa shape index (κ1) is 15.7. The third kappa shape index (κ3) is 3.79. The third-order valence-corrected chi connectivity index (χ3v) is 3.92. The van der Waals surface area contributed by atoms with Gasteiger partial charge in [0.05, 0.1) is 6.07 Å². The fourth-order valence-electron chi connectivity index (χ4n) is 1.84. The highest BCUT2D eigenvalue weighted by molar-refractivity contribution is 7.98. The first-order chi connectivity index (χ1) is 11.6. The van der Waals surface area contributed by atoms with Gasteiger partial charge in [-0.25, -0.2) is 4.98 Å². The normalized spacial score (nSPS) is 10.5. The van der Waals surface area contributed by atoms with Crippen molar-refractivity contribution >= 4 is 29.2 Å². The zero-order valence-corrected chi connectivity index (χ0v) is 12.9. The van der Waals surface area contributed by atoms with Gasteiger partial charge in [0.15, 0.2) is 10.9 Å². The van der Waals surface area contributed by atoms with Crippen LogP contribution in [0.1, 0.15) is 16.1 Å². The molecule has 2 N–H and O–H groups in total. The monoisotopic (exact) mass is 345 g/mol. The van der Waals surface area contributed by atoms with Crippen LogP contribution < -0.4 is 5.32 Å². The molecule has 9 nitrogen and oxygen atoms in total. The number of furan rings is 1. The molecule has 0 aliphatic rings. The summed E-state index contributed by atoms with van der Waals surface area (Å²) in [6, 6.07) is 9.61. The average molecular weight is 345 g/mol. The molecule has 3 aromatic rings. The van der Waals surface area contributed by atoms with Gasteiger partial charge in [0.1, 0.15) is 11.3 Å². The smallest absolute Gasteiger partial charge is 0.395 e. The van der Waals surface area contributed by atoms with Crippen molar-refractivity contribution in [3.05, 3.63) is 64.2 Å². The predicted molar refractivity (Wildman–Crippen MR) is 85.7 cm³/mol. The SMILES string of the molecule is O=C(Nc1ccc(CSc2ncn[nH]2)cc1)c1ccc([N+](=O)[O-])o1. The van der Waals surface area contributed by atoms with Crippen LogP contribution in [-0.2, 0) is 5.75 Å². The van der Waals surface area contributed by atoms with Crippen LogP contribution in [0.2, 0.25) is 0 Å². The van der Waals surface area contributed by atoms with Gasteiger partial charge in [-0.3, -0.25) is 20.0 Å². The third-order valence-electron chi connectivity index (χ3n) is 2.98. The van der Waals surface area contributed by atoms with E-state index in [4.69, 9.17) is 4.42 Å². The number of anilines is 1. The summed E-state index contributed by atoms with van der Waals surface area (Å²) < 4.78 is 4.85. The Balaban J connectivity index is 1.58. The van der Waals surface area contributed by atoms with Crippen LogP contribution in [0.4, 0.5) is 11.6 Å². The Morgan fingerprint density at radius 1 is 1.29 bits per heavy atom. The second-order valence-electron chi connectivity index (χ2n) is 4.63. The van der Waals surface area contributed by atoms with Crippen LogP contribution in [0.3, 0.4) is 0 Å². The summed E-state index contributed by atoms with van der Waals surface area (Å²) in [5.41, 5.74) is 1.61. The topological polar surface area (TPSA) is 127 Å². The lowest BCUT2D eigenvalue weighted by Crippen LogP contribution is -2.10. The highest BCUT2D eigenvalue weighted by Crippen LogP contribution is 2.21. The molecule has 2 heterocycles. The zero-order valence-electron chi connectivity index (χ0n) is 12.1. The number of nitrogens with one attached hydrogen (secondary N) is 2. The summed E-state index contributed by atoms with van der Waals surface area (Å²) in [5, 5.41) is 20.4. The van der Waals surface area contributed by atoms with Gasteiger partial charge in [0.25, 0.3) is 5.91 Å². The number of nitro groups is 1. The number of aromatic amines is 1. The molecule has 1 amide bonds. The number of rotatable bonds is 6. The Bertz CT molecular complexity index is 844. The van der Waals surface area contributed by atoms with Crippen LogP contribution in [0.25, 0.3) is 0 Å². The minimum atomic E-state index is -0.697.